The van der Waals surface area contributed by atoms with Crippen LogP contribution in [0.4, 0.5) is 0 Å². The number of carbonyl (C=O) groups excluding carboxylic acids is 3. The van der Waals surface area contributed by atoms with Crippen LogP contribution >= 0.6 is 0 Å². The monoisotopic (exact) mass is 1160 g/mol. The summed E-state index contributed by atoms with van der Waals surface area (Å²) in [7, 11) is 0. The van der Waals surface area contributed by atoms with Gasteiger partial charge >= 0.3 is 17.9 Å². The molecule has 0 saturated carbocycles. The lowest BCUT2D eigenvalue weighted by Crippen LogP contribution is -2.30. The quantitative estimate of drug-likeness (QED) is 0.0261. The molecule has 0 aliphatic heterocycles. The molecule has 0 radical (unpaired) electrons. The molecule has 0 aromatic heterocycles. The van der Waals surface area contributed by atoms with Crippen LogP contribution in [0.1, 0.15) is 380 Å². The van der Waals surface area contributed by atoms with Gasteiger partial charge in [-0.3, -0.25) is 14.4 Å². The van der Waals surface area contributed by atoms with Gasteiger partial charge < -0.3 is 14.2 Å². The number of unbranched alkanes of at least 4 members (excludes halogenated alkanes) is 44. The topological polar surface area (TPSA) is 78.9 Å². The van der Waals surface area contributed by atoms with Crippen molar-refractivity contribution in [3.05, 3.63) is 72.9 Å². The van der Waals surface area contributed by atoms with E-state index < -0.39 is 6.10 Å². The largest absolute Gasteiger partial charge is 0.462 e. The molecule has 0 fully saturated rings. The maximum atomic E-state index is 13.0. The summed E-state index contributed by atoms with van der Waals surface area (Å²) in [6.07, 6.45) is 93.7. The van der Waals surface area contributed by atoms with Gasteiger partial charge in [0.25, 0.3) is 0 Å². The van der Waals surface area contributed by atoms with Crippen molar-refractivity contribution in [2.45, 2.75) is 386 Å². The molecule has 1 unspecified atom stereocenters. The number of hydrogen-bond donors (Lipinski definition) is 0. The van der Waals surface area contributed by atoms with Crippen LogP contribution in [-0.4, -0.2) is 37.2 Å². The predicted molar refractivity (Wildman–Crippen MR) is 362 cm³/mol. The molecule has 0 N–H and O–H groups in total. The number of carbonyl (C=O) groups is 3. The normalized spacial score (nSPS) is 12.5. The van der Waals surface area contributed by atoms with E-state index in [4.69, 9.17) is 14.2 Å². The summed E-state index contributed by atoms with van der Waals surface area (Å²) in [6.45, 7) is 6.54. The Balaban J connectivity index is 4.20. The fourth-order valence-electron chi connectivity index (χ4n) is 10.7. The van der Waals surface area contributed by atoms with Gasteiger partial charge in [-0.05, 0) is 83.5 Å². The Morgan fingerprint density at radius 3 is 0.771 bits per heavy atom. The van der Waals surface area contributed by atoms with E-state index in [2.05, 4.69) is 93.7 Å². The lowest BCUT2D eigenvalue weighted by molar-refractivity contribution is -0.167. The number of rotatable bonds is 67. The van der Waals surface area contributed by atoms with Crippen LogP contribution in [0.2, 0.25) is 0 Å². The second-order valence-corrected chi connectivity index (χ2v) is 24.5. The molecule has 0 aliphatic rings. The first-order chi connectivity index (χ1) is 41.0. The van der Waals surface area contributed by atoms with Crippen molar-refractivity contribution >= 4 is 17.9 Å². The van der Waals surface area contributed by atoms with Crippen LogP contribution in [0.5, 0.6) is 0 Å². The molecule has 6 nitrogen and oxygen atoms in total. The molecule has 0 aromatic rings. The minimum atomic E-state index is -0.779. The minimum absolute atomic E-state index is 0.0741. The number of allylic oxidation sites excluding steroid dienone is 12. The Hall–Kier alpha value is -3.15. The van der Waals surface area contributed by atoms with Crippen LogP contribution in [-0.2, 0) is 28.6 Å². The van der Waals surface area contributed by atoms with Gasteiger partial charge in [0.1, 0.15) is 13.2 Å². The van der Waals surface area contributed by atoms with E-state index in [1.54, 1.807) is 0 Å². The number of hydrogen-bond acceptors (Lipinski definition) is 6. The van der Waals surface area contributed by atoms with E-state index >= 15 is 0 Å². The van der Waals surface area contributed by atoms with Gasteiger partial charge in [0.15, 0.2) is 6.10 Å². The van der Waals surface area contributed by atoms with Crippen molar-refractivity contribution in [2.24, 2.45) is 0 Å². The van der Waals surface area contributed by atoms with Crippen molar-refractivity contribution < 1.29 is 28.6 Å². The van der Waals surface area contributed by atoms with E-state index in [1.165, 1.54) is 238 Å². The first kappa shape index (κ1) is 79.8. The highest BCUT2D eigenvalue weighted by Crippen LogP contribution is 2.18. The van der Waals surface area contributed by atoms with Crippen LogP contribution in [0.25, 0.3) is 0 Å². The fourth-order valence-corrected chi connectivity index (χ4v) is 10.7. The van der Waals surface area contributed by atoms with Gasteiger partial charge in [0, 0.05) is 19.3 Å². The molecule has 6 heteroatoms. The van der Waals surface area contributed by atoms with Crippen molar-refractivity contribution in [1.82, 2.24) is 0 Å². The summed E-state index contributed by atoms with van der Waals surface area (Å²) in [5, 5.41) is 0. The van der Waals surface area contributed by atoms with Gasteiger partial charge in [-0.2, -0.15) is 0 Å². The van der Waals surface area contributed by atoms with E-state index in [9.17, 15) is 14.4 Å². The smallest absolute Gasteiger partial charge is 0.306 e. The standard InChI is InChI=1S/C77H138O6/c1-4-7-10-13-16-19-22-25-28-30-32-34-35-36-37-38-39-40-41-42-43-44-46-47-49-52-55-58-61-64-67-70-76(79)82-73-74(72-81-75(78)69-66-63-60-57-54-51-27-24-21-18-15-12-9-6-3)83-77(80)71-68-65-62-59-56-53-50-48-45-33-31-29-26-23-20-17-14-11-8-5-2/h7,10,15-16,18-19,24-25,27-28,32,34,74H,4-6,8-9,11-14,17,20-23,26,29-31,33,35-73H2,1-3H3/b10-7-,18-15-,19-16-,27-24-,28-25-,34-32-. The van der Waals surface area contributed by atoms with Crippen LogP contribution in [0.15, 0.2) is 72.9 Å². The second kappa shape index (κ2) is 71.3. The number of ether oxygens (including phenoxy) is 3. The Morgan fingerprint density at radius 2 is 0.482 bits per heavy atom. The van der Waals surface area contributed by atoms with E-state index in [1.807, 2.05) is 0 Å². The summed E-state index contributed by atoms with van der Waals surface area (Å²) in [5.41, 5.74) is 0. The van der Waals surface area contributed by atoms with E-state index in [0.717, 1.165) is 103 Å². The first-order valence-electron chi connectivity index (χ1n) is 36.4. The molecule has 0 aliphatic carbocycles. The average Bonchev–Trinajstić information content (AvgIpc) is 3.49. The molecule has 1 atom stereocenters. The molecule has 0 spiro atoms. The molecule has 0 saturated heterocycles. The van der Waals surface area contributed by atoms with Crippen LogP contribution < -0.4 is 0 Å². The van der Waals surface area contributed by atoms with Gasteiger partial charge in [-0.1, -0.05) is 351 Å². The summed E-state index contributed by atoms with van der Waals surface area (Å²) in [5.74, 6) is -0.862. The summed E-state index contributed by atoms with van der Waals surface area (Å²) >= 11 is 0. The zero-order chi connectivity index (χ0) is 59.9. The van der Waals surface area contributed by atoms with Gasteiger partial charge in [0.05, 0.1) is 0 Å². The highest BCUT2D eigenvalue weighted by atomic mass is 16.6. The third kappa shape index (κ3) is 69.5. The summed E-state index contributed by atoms with van der Waals surface area (Å²) in [4.78, 5) is 38.5. The third-order valence-electron chi connectivity index (χ3n) is 16.2. The first-order valence-corrected chi connectivity index (χ1v) is 36.4. The fraction of sp³-hybridized carbons (Fsp3) is 0.805. The minimum Gasteiger partial charge on any atom is -0.462 e. The third-order valence-corrected chi connectivity index (χ3v) is 16.2. The molecule has 0 aromatic carbocycles. The maximum absolute atomic E-state index is 13.0. The van der Waals surface area contributed by atoms with Crippen molar-refractivity contribution in [3.8, 4) is 0 Å². The Labute approximate surface area is 516 Å². The second-order valence-electron chi connectivity index (χ2n) is 24.5. The summed E-state index contributed by atoms with van der Waals surface area (Å²) in [6, 6.07) is 0. The lowest BCUT2D eigenvalue weighted by atomic mass is 10.0. The highest BCUT2D eigenvalue weighted by Gasteiger charge is 2.19. The van der Waals surface area contributed by atoms with Crippen LogP contribution in [0, 0.1) is 0 Å². The van der Waals surface area contributed by atoms with Crippen LogP contribution in [0.3, 0.4) is 0 Å². The molecule has 0 bridgehead atoms. The molecular formula is C77H138O6. The van der Waals surface area contributed by atoms with Gasteiger partial charge in [-0.15, -0.1) is 0 Å². The Kier molecular flexibility index (Phi) is 68.6. The highest BCUT2D eigenvalue weighted by molar-refractivity contribution is 5.71. The Bertz CT molecular complexity index is 1520. The summed E-state index contributed by atoms with van der Waals surface area (Å²) < 4.78 is 17.0. The molecule has 0 amide bonds. The predicted octanol–water partition coefficient (Wildman–Crippen LogP) is 25.2. The van der Waals surface area contributed by atoms with Gasteiger partial charge in [-0.25, -0.2) is 0 Å². The van der Waals surface area contributed by atoms with Crippen molar-refractivity contribution in [2.75, 3.05) is 13.2 Å². The zero-order valence-electron chi connectivity index (χ0n) is 55.5. The average molecular weight is 1160 g/mol. The van der Waals surface area contributed by atoms with Crippen molar-refractivity contribution in [3.63, 3.8) is 0 Å². The number of esters is 3. The van der Waals surface area contributed by atoms with E-state index in [-0.39, 0.29) is 31.1 Å². The zero-order valence-corrected chi connectivity index (χ0v) is 55.5. The molecule has 482 valence electrons. The maximum Gasteiger partial charge on any atom is 0.306 e. The lowest BCUT2D eigenvalue weighted by Gasteiger charge is -2.18. The Morgan fingerprint density at radius 1 is 0.253 bits per heavy atom. The molecular weight excluding hydrogens is 1020 g/mol. The molecule has 0 heterocycles. The van der Waals surface area contributed by atoms with Gasteiger partial charge in [0.2, 0.25) is 0 Å². The van der Waals surface area contributed by atoms with Crippen molar-refractivity contribution in [1.29, 1.82) is 0 Å². The molecule has 0 rings (SSSR count). The van der Waals surface area contributed by atoms with E-state index in [0.29, 0.717) is 19.3 Å². The molecule has 83 heavy (non-hydrogen) atoms. The SMILES string of the molecule is CC/C=C\C/C=C\C/C=C\C/C=C\CCCCCCCCCCCCCCCCCCCCC(=O)OCC(COC(=O)CCCCCCC/C=C\C/C=C\CCCC)OC(=O)CCCCCCCCCCCCCCCCCCCCCC.